The van der Waals surface area contributed by atoms with Crippen molar-refractivity contribution < 1.29 is 8.42 Å². The van der Waals surface area contributed by atoms with E-state index in [-0.39, 0.29) is 16.0 Å². The third-order valence-electron chi connectivity index (χ3n) is 4.14. The van der Waals surface area contributed by atoms with Crippen LogP contribution in [0.15, 0.2) is 41.3 Å². The first kappa shape index (κ1) is 16.8. The summed E-state index contributed by atoms with van der Waals surface area (Å²) in [6, 6.07) is 10.2. The molecule has 0 saturated carbocycles. The summed E-state index contributed by atoms with van der Waals surface area (Å²) in [5, 5.41) is 0.489. The van der Waals surface area contributed by atoms with Crippen LogP contribution in [0.25, 0.3) is 0 Å². The maximum absolute atomic E-state index is 12.6. The number of aryl methyl sites for hydroxylation is 2. The molecule has 0 spiro atoms. The third-order valence-corrected chi connectivity index (χ3v) is 6.39. The predicted molar refractivity (Wildman–Crippen MR) is 93.7 cm³/mol. The van der Waals surface area contributed by atoms with Gasteiger partial charge in [-0.3, -0.25) is 0 Å². The van der Waals surface area contributed by atoms with Crippen molar-refractivity contribution in [2.75, 3.05) is 0 Å². The van der Waals surface area contributed by atoms with Crippen LogP contribution in [-0.4, -0.2) is 8.42 Å². The Morgan fingerprint density at radius 3 is 2.57 bits per heavy atom. The fourth-order valence-corrected chi connectivity index (χ4v) is 4.90. The predicted octanol–water partition coefficient (Wildman–Crippen LogP) is 4.52. The molecule has 6 heteroatoms. The average molecular weight is 370 g/mol. The lowest BCUT2D eigenvalue weighted by atomic mass is 10.0. The van der Waals surface area contributed by atoms with Gasteiger partial charge in [0.25, 0.3) is 0 Å². The summed E-state index contributed by atoms with van der Waals surface area (Å²) in [4.78, 5) is -0.000299. The molecule has 0 bridgehead atoms. The number of rotatable bonds is 4. The van der Waals surface area contributed by atoms with E-state index in [0.717, 1.165) is 24.8 Å². The van der Waals surface area contributed by atoms with Crippen LogP contribution in [0.5, 0.6) is 0 Å². The van der Waals surface area contributed by atoms with Gasteiger partial charge in [-0.15, -0.1) is 0 Å². The molecule has 2 aromatic carbocycles. The Balaban J connectivity index is 1.86. The summed E-state index contributed by atoms with van der Waals surface area (Å²) < 4.78 is 27.8. The number of benzene rings is 2. The monoisotopic (exact) mass is 369 g/mol. The molecule has 1 unspecified atom stereocenters. The van der Waals surface area contributed by atoms with Crippen LogP contribution in [0.2, 0.25) is 10.0 Å². The van der Waals surface area contributed by atoms with Crippen molar-refractivity contribution in [2.24, 2.45) is 0 Å². The van der Waals surface area contributed by atoms with Crippen molar-refractivity contribution >= 4 is 33.2 Å². The number of fused-ring (bicyclic) bond motifs is 1. The van der Waals surface area contributed by atoms with E-state index in [2.05, 4.69) is 16.9 Å². The molecule has 3 rings (SSSR count). The summed E-state index contributed by atoms with van der Waals surface area (Å²) >= 11 is 11.9. The molecule has 0 radical (unpaired) electrons. The van der Waals surface area contributed by atoms with Crippen molar-refractivity contribution in [3.8, 4) is 0 Å². The van der Waals surface area contributed by atoms with E-state index in [0.29, 0.717) is 5.02 Å². The fourth-order valence-electron chi connectivity index (χ4n) is 2.91. The van der Waals surface area contributed by atoms with E-state index < -0.39 is 10.0 Å². The molecule has 1 aliphatic rings. The summed E-state index contributed by atoms with van der Waals surface area (Å²) in [5.74, 6) is 0. The summed E-state index contributed by atoms with van der Waals surface area (Å²) in [6.45, 7) is 1.83. The van der Waals surface area contributed by atoms with E-state index in [4.69, 9.17) is 23.2 Å². The second-order valence-corrected chi connectivity index (χ2v) is 8.33. The van der Waals surface area contributed by atoms with Crippen molar-refractivity contribution in [2.45, 2.75) is 37.1 Å². The molecule has 1 atom stereocenters. The molecular formula is C17H17Cl2NO2S. The zero-order valence-electron chi connectivity index (χ0n) is 12.6. The summed E-state index contributed by atoms with van der Waals surface area (Å²) in [7, 11) is -3.74. The van der Waals surface area contributed by atoms with E-state index in [1.54, 1.807) is 6.07 Å². The highest BCUT2D eigenvalue weighted by Gasteiger charge is 2.22. The zero-order valence-corrected chi connectivity index (χ0v) is 15.0. The molecular weight excluding hydrogens is 353 g/mol. The van der Waals surface area contributed by atoms with E-state index in [9.17, 15) is 8.42 Å². The first-order chi connectivity index (χ1) is 10.9. The van der Waals surface area contributed by atoms with Gasteiger partial charge in [-0.2, -0.15) is 0 Å². The molecule has 0 saturated heterocycles. The molecule has 0 aliphatic heterocycles. The van der Waals surface area contributed by atoms with Crippen LogP contribution in [-0.2, 0) is 22.9 Å². The topological polar surface area (TPSA) is 46.2 Å². The SMILES string of the molecule is CC(NS(=O)(=O)c1cc(Cl)ccc1Cl)c1ccc2c(c1)CCC2. The van der Waals surface area contributed by atoms with Crippen molar-refractivity contribution in [3.05, 3.63) is 63.1 Å². The zero-order chi connectivity index (χ0) is 16.6. The van der Waals surface area contributed by atoms with Gasteiger partial charge in [0.1, 0.15) is 4.90 Å². The lowest BCUT2D eigenvalue weighted by Crippen LogP contribution is -2.27. The molecule has 1 aliphatic carbocycles. The van der Waals surface area contributed by atoms with Crippen LogP contribution in [0.4, 0.5) is 0 Å². The number of sulfonamides is 1. The average Bonchev–Trinajstić information content (AvgIpc) is 2.96. The van der Waals surface area contributed by atoms with E-state index in [1.807, 2.05) is 13.0 Å². The van der Waals surface area contributed by atoms with Crippen molar-refractivity contribution in [1.29, 1.82) is 0 Å². The van der Waals surface area contributed by atoms with Gasteiger partial charge in [0.15, 0.2) is 0 Å². The molecule has 0 fully saturated rings. The van der Waals surface area contributed by atoms with Crippen LogP contribution in [0, 0.1) is 0 Å². The maximum Gasteiger partial charge on any atom is 0.242 e. The van der Waals surface area contributed by atoms with Gasteiger partial charge < -0.3 is 0 Å². The molecule has 23 heavy (non-hydrogen) atoms. The second kappa shape index (κ2) is 6.44. The lowest BCUT2D eigenvalue weighted by molar-refractivity contribution is 0.567. The number of nitrogens with one attached hydrogen (secondary N) is 1. The second-order valence-electron chi connectivity index (χ2n) is 5.80. The van der Waals surface area contributed by atoms with Crippen LogP contribution in [0.1, 0.15) is 36.1 Å². The van der Waals surface area contributed by atoms with Gasteiger partial charge >= 0.3 is 0 Å². The number of hydrogen-bond donors (Lipinski definition) is 1. The first-order valence-corrected chi connectivity index (χ1v) is 9.70. The standard InChI is InChI=1S/C17H17Cl2NO2S/c1-11(13-6-5-12-3-2-4-14(12)9-13)20-23(21,22)17-10-15(18)7-8-16(17)19/h5-11,20H,2-4H2,1H3. The van der Waals surface area contributed by atoms with Crippen LogP contribution >= 0.6 is 23.2 Å². The van der Waals surface area contributed by atoms with Gasteiger partial charge in [-0.1, -0.05) is 41.4 Å². The highest BCUT2D eigenvalue weighted by Crippen LogP contribution is 2.28. The highest BCUT2D eigenvalue weighted by molar-refractivity contribution is 7.89. The molecule has 0 aromatic heterocycles. The Hall–Kier alpha value is -1.07. The lowest BCUT2D eigenvalue weighted by Gasteiger charge is -2.16. The Kier molecular flexibility index (Phi) is 4.70. The fraction of sp³-hybridized carbons (Fsp3) is 0.294. The molecule has 3 nitrogen and oxygen atoms in total. The van der Waals surface area contributed by atoms with Gasteiger partial charge in [0, 0.05) is 11.1 Å². The number of hydrogen-bond acceptors (Lipinski definition) is 2. The van der Waals surface area contributed by atoms with E-state index in [1.165, 1.54) is 23.3 Å². The Morgan fingerprint density at radius 2 is 1.78 bits per heavy atom. The molecule has 1 N–H and O–H groups in total. The van der Waals surface area contributed by atoms with Crippen molar-refractivity contribution in [3.63, 3.8) is 0 Å². The van der Waals surface area contributed by atoms with Gasteiger partial charge in [0.05, 0.1) is 5.02 Å². The van der Waals surface area contributed by atoms with E-state index >= 15 is 0 Å². The Morgan fingerprint density at radius 1 is 1.04 bits per heavy atom. The smallest absolute Gasteiger partial charge is 0.207 e. The number of halogens is 2. The van der Waals surface area contributed by atoms with Gasteiger partial charge in [-0.05, 0) is 61.1 Å². The molecule has 0 heterocycles. The first-order valence-electron chi connectivity index (χ1n) is 7.46. The third kappa shape index (κ3) is 3.56. The maximum atomic E-state index is 12.6. The summed E-state index contributed by atoms with van der Waals surface area (Å²) in [6.07, 6.45) is 3.33. The quantitative estimate of drug-likeness (QED) is 0.860. The Bertz CT molecular complexity index is 850. The minimum absolute atomic E-state index is 0.000299. The van der Waals surface area contributed by atoms with Gasteiger partial charge in [-0.25, -0.2) is 13.1 Å². The molecule has 0 amide bonds. The van der Waals surface area contributed by atoms with Crippen LogP contribution < -0.4 is 4.72 Å². The molecule has 2 aromatic rings. The Labute approximate surface area is 146 Å². The normalized spacial score (nSPS) is 15.4. The van der Waals surface area contributed by atoms with Gasteiger partial charge in [0.2, 0.25) is 10.0 Å². The minimum atomic E-state index is -3.74. The largest absolute Gasteiger partial charge is 0.242 e. The van der Waals surface area contributed by atoms with Crippen LogP contribution in [0.3, 0.4) is 0 Å². The van der Waals surface area contributed by atoms with Crippen molar-refractivity contribution in [1.82, 2.24) is 4.72 Å². The minimum Gasteiger partial charge on any atom is -0.207 e. The molecule has 122 valence electrons. The summed E-state index contributed by atoms with van der Waals surface area (Å²) in [5.41, 5.74) is 3.63. The highest BCUT2D eigenvalue weighted by atomic mass is 35.5.